The Morgan fingerprint density at radius 2 is 1.94 bits per heavy atom. The van der Waals surface area contributed by atoms with Gasteiger partial charge in [-0.2, -0.15) is 11.8 Å². The Labute approximate surface area is 185 Å². The number of aryl methyl sites for hydroxylation is 2. The molecule has 162 valence electrons. The number of carbonyl (C=O) groups excluding carboxylic acids is 3. The molecule has 8 heteroatoms. The molecule has 0 unspecified atom stereocenters. The normalized spacial score (nSPS) is 15.6. The molecule has 0 atom stereocenters. The van der Waals surface area contributed by atoms with Gasteiger partial charge in [0.15, 0.2) is 6.61 Å². The summed E-state index contributed by atoms with van der Waals surface area (Å²) in [7, 11) is 0. The zero-order valence-corrected chi connectivity index (χ0v) is 18.2. The number of benzene rings is 2. The molecule has 2 N–H and O–H groups in total. The number of nitrogens with zero attached hydrogens (tertiary/aromatic N) is 1. The fourth-order valence-corrected chi connectivity index (χ4v) is 4.57. The van der Waals surface area contributed by atoms with Crippen LogP contribution in [0.2, 0.25) is 0 Å². The maximum Gasteiger partial charge on any atom is 0.262 e. The standard InChI is InChI=1S/C23H25N3O4S/c1-15-12-17(23(29)26-8-10-31-11-9-26)2-5-19(15)24-22(28)14-30-18-4-6-20-16(13-18)3-7-21(27)25-20/h2,4-6,12-13H,3,7-11,14H2,1H3,(H,24,28)(H,25,27). The molecule has 0 aliphatic carbocycles. The van der Waals surface area contributed by atoms with Gasteiger partial charge in [-0.15, -0.1) is 0 Å². The minimum absolute atomic E-state index is 0.0126. The van der Waals surface area contributed by atoms with Crippen molar-refractivity contribution in [3.05, 3.63) is 53.1 Å². The van der Waals surface area contributed by atoms with Crippen LogP contribution in [0.5, 0.6) is 5.75 Å². The summed E-state index contributed by atoms with van der Waals surface area (Å²) in [5.74, 6) is 2.30. The summed E-state index contributed by atoms with van der Waals surface area (Å²) in [5.41, 5.74) is 3.92. The fraction of sp³-hybridized carbons (Fsp3) is 0.348. The first-order chi connectivity index (χ1) is 15.0. The number of amides is 3. The lowest BCUT2D eigenvalue weighted by atomic mass is 10.0. The zero-order chi connectivity index (χ0) is 21.8. The molecule has 7 nitrogen and oxygen atoms in total. The third-order valence-electron chi connectivity index (χ3n) is 5.39. The second-order valence-electron chi connectivity index (χ2n) is 7.64. The Balaban J connectivity index is 1.33. The van der Waals surface area contributed by atoms with E-state index in [1.54, 1.807) is 24.3 Å². The highest BCUT2D eigenvalue weighted by atomic mass is 32.2. The summed E-state index contributed by atoms with van der Waals surface area (Å²) >= 11 is 1.86. The summed E-state index contributed by atoms with van der Waals surface area (Å²) in [6.07, 6.45) is 1.11. The lowest BCUT2D eigenvalue weighted by Gasteiger charge is -2.26. The van der Waals surface area contributed by atoms with Crippen LogP contribution in [0, 0.1) is 6.92 Å². The van der Waals surface area contributed by atoms with Crippen molar-refractivity contribution in [3.63, 3.8) is 0 Å². The number of nitrogens with one attached hydrogen (secondary N) is 2. The van der Waals surface area contributed by atoms with Crippen molar-refractivity contribution in [2.45, 2.75) is 19.8 Å². The Morgan fingerprint density at radius 1 is 1.13 bits per heavy atom. The molecule has 1 fully saturated rings. The van der Waals surface area contributed by atoms with Crippen LogP contribution in [-0.2, 0) is 16.0 Å². The van der Waals surface area contributed by atoms with Crippen molar-refractivity contribution in [2.24, 2.45) is 0 Å². The topological polar surface area (TPSA) is 87.7 Å². The van der Waals surface area contributed by atoms with E-state index in [4.69, 9.17) is 4.74 Å². The molecule has 0 saturated carbocycles. The van der Waals surface area contributed by atoms with E-state index in [1.165, 1.54) is 0 Å². The van der Waals surface area contributed by atoms with Crippen LogP contribution in [0.3, 0.4) is 0 Å². The Bertz CT molecular complexity index is 1020. The molecule has 3 amide bonds. The van der Waals surface area contributed by atoms with Crippen LogP contribution in [0.4, 0.5) is 11.4 Å². The summed E-state index contributed by atoms with van der Waals surface area (Å²) in [6.45, 7) is 3.29. The van der Waals surface area contributed by atoms with Gasteiger partial charge in [-0.25, -0.2) is 0 Å². The van der Waals surface area contributed by atoms with Crippen LogP contribution in [-0.4, -0.2) is 53.8 Å². The molecule has 0 spiro atoms. The van der Waals surface area contributed by atoms with E-state index in [1.807, 2.05) is 35.7 Å². The van der Waals surface area contributed by atoms with Crippen molar-refractivity contribution in [3.8, 4) is 5.75 Å². The highest BCUT2D eigenvalue weighted by Gasteiger charge is 2.19. The number of thioether (sulfide) groups is 1. The molecule has 1 saturated heterocycles. The Morgan fingerprint density at radius 3 is 2.71 bits per heavy atom. The summed E-state index contributed by atoms with van der Waals surface area (Å²) in [6, 6.07) is 10.7. The quantitative estimate of drug-likeness (QED) is 0.748. The molecule has 2 heterocycles. The van der Waals surface area contributed by atoms with Crippen molar-refractivity contribution in [1.29, 1.82) is 0 Å². The molecule has 4 rings (SSSR count). The average Bonchev–Trinajstić information content (AvgIpc) is 2.79. The minimum atomic E-state index is -0.277. The van der Waals surface area contributed by atoms with E-state index >= 15 is 0 Å². The van der Waals surface area contributed by atoms with E-state index in [2.05, 4.69) is 10.6 Å². The van der Waals surface area contributed by atoms with Gasteiger partial charge in [-0.1, -0.05) is 0 Å². The molecule has 0 radical (unpaired) electrons. The van der Waals surface area contributed by atoms with Crippen molar-refractivity contribution in [2.75, 3.05) is 41.8 Å². The van der Waals surface area contributed by atoms with Gasteiger partial charge in [-0.3, -0.25) is 14.4 Å². The molecule has 0 bridgehead atoms. The highest BCUT2D eigenvalue weighted by molar-refractivity contribution is 7.99. The van der Waals surface area contributed by atoms with Gasteiger partial charge >= 0.3 is 0 Å². The third-order valence-corrected chi connectivity index (χ3v) is 6.33. The van der Waals surface area contributed by atoms with Crippen molar-refractivity contribution in [1.82, 2.24) is 4.90 Å². The van der Waals surface area contributed by atoms with Gasteiger partial charge in [0.2, 0.25) is 5.91 Å². The zero-order valence-electron chi connectivity index (χ0n) is 17.4. The predicted molar refractivity (Wildman–Crippen MR) is 122 cm³/mol. The summed E-state index contributed by atoms with van der Waals surface area (Å²) in [5, 5.41) is 5.67. The maximum atomic E-state index is 12.7. The largest absolute Gasteiger partial charge is 0.484 e. The lowest BCUT2D eigenvalue weighted by molar-refractivity contribution is -0.118. The van der Waals surface area contributed by atoms with Crippen molar-refractivity contribution >= 4 is 40.9 Å². The lowest BCUT2D eigenvalue weighted by Crippen LogP contribution is -2.37. The molecule has 2 aliphatic heterocycles. The molecule has 2 aromatic carbocycles. The Hall–Kier alpha value is -3.00. The first kappa shape index (κ1) is 21.2. The minimum Gasteiger partial charge on any atom is -0.484 e. The van der Waals surface area contributed by atoms with Gasteiger partial charge in [0.1, 0.15) is 5.75 Å². The van der Waals surface area contributed by atoms with Crippen LogP contribution in [0.1, 0.15) is 27.9 Å². The average molecular weight is 440 g/mol. The fourth-order valence-electron chi connectivity index (χ4n) is 3.67. The monoisotopic (exact) mass is 439 g/mol. The van der Waals surface area contributed by atoms with Gasteiger partial charge in [0.05, 0.1) is 0 Å². The van der Waals surface area contributed by atoms with Crippen molar-refractivity contribution < 1.29 is 19.1 Å². The summed E-state index contributed by atoms with van der Waals surface area (Å²) in [4.78, 5) is 38.3. The van der Waals surface area contributed by atoms with Crippen LogP contribution >= 0.6 is 11.8 Å². The first-order valence-corrected chi connectivity index (χ1v) is 11.5. The molecule has 31 heavy (non-hydrogen) atoms. The van der Waals surface area contributed by atoms with Crippen LogP contribution < -0.4 is 15.4 Å². The first-order valence-electron chi connectivity index (χ1n) is 10.3. The van der Waals surface area contributed by atoms with Gasteiger partial charge in [0.25, 0.3) is 11.8 Å². The van der Waals surface area contributed by atoms with E-state index in [0.717, 1.165) is 41.4 Å². The number of anilines is 2. The predicted octanol–water partition coefficient (Wildman–Crippen LogP) is 3.09. The number of rotatable bonds is 5. The summed E-state index contributed by atoms with van der Waals surface area (Å²) < 4.78 is 5.63. The molecule has 2 aromatic rings. The van der Waals surface area contributed by atoms with E-state index < -0.39 is 0 Å². The van der Waals surface area contributed by atoms with Crippen LogP contribution in [0.15, 0.2) is 36.4 Å². The van der Waals surface area contributed by atoms with E-state index in [-0.39, 0.29) is 24.3 Å². The van der Waals surface area contributed by atoms with Gasteiger partial charge < -0.3 is 20.3 Å². The molecular weight excluding hydrogens is 414 g/mol. The van der Waals surface area contributed by atoms with E-state index in [9.17, 15) is 14.4 Å². The second kappa shape index (κ2) is 9.43. The Kier molecular flexibility index (Phi) is 6.46. The van der Waals surface area contributed by atoms with Gasteiger partial charge in [-0.05, 0) is 60.9 Å². The number of fused-ring (bicyclic) bond motifs is 1. The van der Waals surface area contributed by atoms with Crippen LogP contribution in [0.25, 0.3) is 0 Å². The smallest absolute Gasteiger partial charge is 0.262 e. The number of hydrogen-bond acceptors (Lipinski definition) is 5. The highest BCUT2D eigenvalue weighted by Crippen LogP contribution is 2.27. The maximum absolute atomic E-state index is 12.7. The second-order valence-corrected chi connectivity index (χ2v) is 8.86. The number of hydrogen-bond donors (Lipinski definition) is 2. The third kappa shape index (κ3) is 5.19. The molecule has 0 aromatic heterocycles. The molecule has 2 aliphatic rings. The number of carbonyl (C=O) groups is 3. The SMILES string of the molecule is Cc1cc(C(=O)N2CCSCC2)ccc1NC(=O)COc1ccc2c(c1)CCC(=O)N2. The van der Waals surface area contributed by atoms with E-state index in [0.29, 0.717) is 29.8 Å². The number of ether oxygens (including phenoxy) is 1. The molecular formula is C23H25N3O4S. The van der Waals surface area contributed by atoms with Gasteiger partial charge in [0, 0.05) is 48.0 Å².